The normalized spacial score (nSPS) is 14.5. The zero-order chi connectivity index (χ0) is 23.7. The van der Waals surface area contributed by atoms with E-state index in [1.165, 1.54) is 0 Å². The van der Waals surface area contributed by atoms with E-state index in [4.69, 9.17) is 4.74 Å². The van der Waals surface area contributed by atoms with Crippen LogP contribution in [-0.4, -0.2) is 59.5 Å². The van der Waals surface area contributed by atoms with Crippen molar-refractivity contribution in [1.82, 2.24) is 34.4 Å². The molecule has 34 heavy (non-hydrogen) atoms. The third-order valence-electron chi connectivity index (χ3n) is 6.01. The van der Waals surface area contributed by atoms with Crippen LogP contribution in [0.25, 0.3) is 16.9 Å². The molecule has 0 bridgehead atoms. The Morgan fingerprint density at radius 2 is 1.97 bits per heavy atom. The Hall–Kier alpha value is -4.08. The van der Waals surface area contributed by atoms with Gasteiger partial charge in [-0.3, -0.25) is 9.59 Å². The van der Waals surface area contributed by atoms with Crippen molar-refractivity contribution in [1.29, 1.82) is 0 Å². The quantitative estimate of drug-likeness (QED) is 0.451. The van der Waals surface area contributed by atoms with Gasteiger partial charge < -0.3 is 14.2 Å². The van der Waals surface area contributed by atoms with Crippen molar-refractivity contribution in [2.45, 2.75) is 39.3 Å². The van der Waals surface area contributed by atoms with E-state index >= 15 is 0 Å². The minimum atomic E-state index is -0.275. The lowest BCUT2D eigenvalue weighted by Gasteiger charge is -2.32. The third kappa shape index (κ3) is 4.14. The second kappa shape index (κ2) is 9.05. The third-order valence-corrected chi connectivity index (χ3v) is 6.01. The standard InChI is InChI=1S/C24H25N7O3/c1-3-29-15-19(22(32)18-6-5-16(2)26-23(18)29)24(33)30-13-9-17(10-14-30)34-21-8-7-20(27-28-21)31-12-4-11-25-31/h4-8,11-12,15,17H,3,9-10,13-14H2,1-2H3. The van der Waals surface area contributed by atoms with E-state index in [2.05, 4.69) is 20.3 Å². The Bertz CT molecular complexity index is 1370. The van der Waals surface area contributed by atoms with Gasteiger partial charge in [0.25, 0.3) is 5.91 Å². The van der Waals surface area contributed by atoms with Gasteiger partial charge in [0.05, 0.1) is 5.39 Å². The summed E-state index contributed by atoms with van der Waals surface area (Å²) in [6.07, 6.45) is 6.31. The van der Waals surface area contributed by atoms with E-state index < -0.39 is 0 Å². The smallest absolute Gasteiger partial charge is 0.259 e. The highest BCUT2D eigenvalue weighted by atomic mass is 16.5. The van der Waals surface area contributed by atoms with Gasteiger partial charge in [-0.1, -0.05) is 0 Å². The molecule has 0 aromatic carbocycles. The molecular weight excluding hydrogens is 434 g/mol. The molecule has 5 heterocycles. The molecule has 1 saturated heterocycles. The first kappa shape index (κ1) is 21.7. The Labute approximate surface area is 195 Å². The molecule has 1 aliphatic rings. The van der Waals surface area contributed by atoms with Gasteiger partial charge in [0.15, 0.2) is 5.82 Å². The van der Waals surface area contributed by atoms with Crippen LogP contribution in [0.1, 0.15) is 35.8 Å². The number of hydrogen-bond donors (Lipinski definition) is 0. The lowest BCUT2D eigenvalue weighted by atomic mass is 10.1. The summed E-state index contributed by atoms with van der Waals surface area (Å²) in [4.78, 5) is 32.5. The van der Waals surface area contributed by atoms with Crippen LogP contribution < -0.4 is 10.2 Å². The first-order valence-electron chi connectivity index (χ1n) is 11.3. The average Bonchev–Trinajstić information content (AvgIpc) is 3.40. The highest BCUT2D eigenvalue weighted by molar-refractivity contribution is 5.97. The van der Waals surface area contributed by atoms with Gasteiger partial charge >= 0.3 is 0 Å². The zero-order valence-corrected chi connectivity index (χ0v) is 19.1. The van der Waals surface area contributed by atoms with Gasteiger partial charge in [-0.05, 0) is 38.1 Å². The molecule has 0 N–H and O–H groups in total. The first-order valence-corrected chi connectivity index (χ1v) is 11.3. The van der Waals surface area contributed by atoms with Crippen molar-refractivity contribution < 1.29 is 9.53 Å². The molecule has 1 amide bonds. The van der Waals surface area contributed by atoms with Gasteiger partial charge in [0.2, 0.25) is 11.3 Å². The number of carbonyl (C=O) groups is 1. The van der Waals surface area contributed by atoms with E-state index in [1.54, 1.807) is 52.4 Å². The van der Waals surface area contributed by atoms with Crippen LogP contribution in [-0.2, 0) is 6.54 Å². The second-order valence-corrected chi connectivity index (χ2v) is 8.27. The number of ether oxygens (including phenoxy) is 1. The first-order chi connectivity index (χ1) is 16.5. The number of nitrogens with zero attached hydrogens (tertiary/aromatic N) is 7. The van der Waals surface area contributed by atoms with Crippen LogP contribution in [0.4, 0.5) is 0 Å². The average molecular weight is 460 g/mol. The number of pyridine rings is 2. The van der Waals surface area contributed by atoms with Crippen LogP contribution >= 0.6 is 0 Å². The summed E-state index contributed by atoms with van der Waals surface area (Å²) in [7, 11) is 0. The fourth-order valence-corrected chi connectivity index (χ4v) is 4.17. The number of rotatable bonds is 5. The van der Waals surface area contributed by atoms with Crippen LogP contribution in [0.3, 0.4) is 0 Å². The fourth-order valence-electron chi connectivity index (χ4n) is 4.17. The molecule has 10 heteroatoms. The topological polar surface area (TPSA) is 108 Å². The Kier molecular flexibility index (Phi) is 5.79. The Balaban J connectivity index is 1.26. The maximum atomic E-state index is 13.2. The monoisotopic (exact) mass is 459 g/mol. The lowest BCUT2D eigenvalue weighted by Crippen LogP contribution is -2.43. The SMILES string of the molecule is CCn1cc(C(=O)N2CCC(Oc3ccc(-n4cccn4)nn3)CC2)c(=O)c2ccc(C)nc21. The molecule has 0 atom stereocenters. The molecule has 0 radical (unpaired) electrons. The molecule has 4 aromatic rings. The number of aromatic nitrogens is 6. The number of piperidine rings is 1. The lowest BCUT2D eigenvalue weighted by molar-refractivity contribution is 0.0584. The molecule has 5 rings (SSSR count). The van der Waals surface area contributed by atoms with Gasteiger partial charge in [0.1, 0.15) is 17.3 Å². The number of likely N-dealkylation sites (tertiary alicyclic amines) is 1. The van der Waals surface area contributed by atoms with Crippen LogP contribution in [0.5, 0.6) is 5.88 Å². The van der Waals surface area contributed by atoms with E-state index in [-0.39, 0.29) is 23.0 Å². The van der Waals surface area contributed by atoms with Crippen molar-refractivity contribution in [3.05, 3.63) is 70.4 Å². The van der Waals surface area contributed by atoms with E-state index in [1.807, 2.05) is 24.5 Å². The Morgan fingerprint density at radius 3 is 2.65 bits per heavy atom. The largest absolute Gasteiger partial charge is 0.473 e. The molecular formula is C24H25N7O3. The summed E-state index contributed by atoms with van der Waals surface area (Å²) >= 11 is 0. The second-order valence-electron chi connectivity index (χ2n) is 8.27. The predicted octanol–water partition coefficient (Wildman–Crippen LogP) is 2.38. The van der Waals surface area contributed by atoms with E-state index in [0.717, 1.165) is 5.69 Å². The summed E-state index contributed by atoms with van der Waals surface area (Å²) in [6, 6.07) is 8.92. The molecule has 1 fully saturated rings. The molecule has 10 nitrogen and oxygen atoms in total. The highest BCUT2D eigenvalue weighted by Gasteiger charge is 2.27. The van der Waals surface area contributed by atoms with Crippen molar-refractivity contribution in [3.63, 3.8) is 0 Å². The van der Waals surface area contributed by atoms with Crippen molar-refractivity contribution >= 4 is 16.9 Å². The number of amides is 1. The summed E-state index contributed by atoms with van der Waals surface area (Å²) < 4.78 is 9.46. The number of hydrogen-bond acceptors (Lipinski definition) is 7. The van der Waals surface area contributed by atoms with Crippen molar-refractivity contribution in [3.8, 4) is 11.7 Å². The van der Waals surface area contributed by atoms with Gasteiger partial charge in [-0.25, -0.2) is 9.67 Å². The van der Waals surface area contributed by atoms with E-state index in [9.17, 15) is 9.59 Å². The van der Waals surface area contributed by atoms with Crippen molar-refractivity contribution in [2.75, 3.05) is 13.1 Å². The van der Waals surface area contributed by atoms with Crippen LogP contribution in [0.2, 0.25) is 0 Å². The molecule has 0 aliphatic carbocycles. The molecule has 174 valence electrons. The highest BCUT2D eigenvalue weighted by Crippen LogP contribution is 2.19. The molecule has 4 aromatic heterocycles. The fraction of sp³-hybridized carbons (Fsp3) is 0.333. The molecule has 1 aliphatic heterocycles. The molecule has 0 spiro atoms. The van der Waals surface area contributed by atoms with Gasteiger partial charge in [-0.15, -0.1) is 10.2 Å². The number of fused-ring (bicyclic) bond motifs is 1. The molecule has 0 unspecified atom stereocenters. The predicted molar refractivity (Wildman–Crippen MR) is 125 cm³/mol. The number of carbonyl (C=O) groups excluding carboxylic acids is 1. The molecule has 0 saturated carbocycles. The zero-order valence-electron chi connectivity index (χ0n) is 19.1. The van der Waals surface area contributed by atoms with Crippen molar-refractivity contribution in [2.24, 2.45) is 0 Å². The van der Waals surface area contributed by atoms with Crippen LogP contribution in [0.15, 0.2) is 53.7 Å². The summed E-state index contributed by atoms with van der Waals surface area (Å²) in [5, 5.41) is 12.9. The summed E-state index contributed by atoms with van der Waals surface area (Å²) in [5.74, 6) is 0.788. The van der Waals surface area contributed by atoms with E-state index in [0.29, 0.717) is 55.2 Å². The number of aryl methyl sites for hydroxylation is 2. The minimum Gasteiger partial charge on any atom is -0.473 e. The maximum absolute atomic E-state index is 13.2. The summed E-state index contributed by atoms with van der Waals surface area (Å²) in [5.41, 5.74) is 1.34. The minimum absolute atomic E-state index is 0.0787. The summed E-state index contributed by atoms with van der Waals surface area (Å²) in [6.45, 7) is 5.46. The van der Waals surface area contributed by atoms with Gasteiger partial charge in [0, 0.05) is 62.8 Å². The van der Waals surface area contributed by atoms with Gasteiger partial charge in [-0.2, -0.15) is 5.10 Å². The van der Waals surface area contributed by atoms with Crippen LogP contribution in [0, 0.1) is 6.92 Å². The maximum Gasteiger partial charge on any atom is 0.259 e. The Morgan fingerprint density at radius 1 is 1.15 bits per heavy atom.